The summed E-state index contributed by atoms with van der Waals surface area (Å²) in [4.78, 5) is 12.7. The summed E-state index contributed by atoms with van der Waals surface area (Å²) in [7, 11) is 0. The van der Waals surface area contributed by atoms with Crippen LogP contribution in [0.3, 0.4) is 0 Å². The minimum atomic E-state index is -1.54. The van der Waals surface area contributed by atoms with Gasteiger partial charge in [0.25, 0.3) is 0 Å². The third kappa shape index (κ3) is 27.6. The lowest BCUT2D eigenvalue weighted by Gasteiger charge is -2.39. The minimum absolute atomic E-state index is 0.121. The Morgan fingerprint density at radius 3 is 1.64 bits per heavy atom. The molecule has 6 unspecified atom stereocenters. The maximum Gasteiger partial charge on any atom is 0.306 e. The first-order chi connectivity index (χ1) is 25.9. The van der Waals surface area contributed by atoms with Crippen molar-refractivity contribution in [3.05, 3.63) is 36.5 Å². The van der Waals surface area contributed by atoms with Crippen molar-refractivity contribution < 1.29 is 44.2 Å². The molecule has 6 atom stereocenters. The van der Waals surface area contributed by atoms with Crippen molar-refractivity contribution in [3.63, 3.8) is 0 Å². The monoisotopic (exact) mass is 753 g/mol. The fraction of sp³-hybridized carbons (Fsp3) is 0.841. The molecule has 1 saturated heterocycles. The second-order valence-electron chi connectivity index (χ2n) is 14.8. The molecule has 310 valence electrons. The molecule has 0 saturated carbocycles. The third-order valence-electron chi connectivity index (χ3n) is 9.78. The molecule has 0 aromatic heterocycles. The summed E-state index contributed by atoms with van der Waals surface area (Å²) in [6.07, 6.45) is 34.5. The van der Waals surface area contributed by atoms with Gasteiger partial charge in [-0.15, -0.1) is 0 Å². The largest absolute Gasteiger partial charge is 0.457 e. The van der Waals surface area contributed by atoms with Gasteiger partial charge >= 0.3 is 5.97 Å². The highest BCUT2D eigenvalue weighted by molar-refractivity contribution is 5.69. The van der Waals surface area contributed by atoms with Crippen LogP contribution >= 0.6 is 0 Å². The maximum atomic E-state index is 12.7. The van der Waals surface area contributed by atoms with E-state index in [0.717, 1.165) is 64.2 Å². The molecule has 1 rings (SSSR count). The van der Waals surface area contributed by atoms with Crippen LogP contribution in [-0.4, -0.2) is 89.6 Å². The number of rotatable bonds is 36. The third-order valence-corrected chi connectivity index (χ3v) is 9.78. The average Bonchev–Trinajstić information content (AvgIpc) is 3.16. The molecule has 1 aliphatic heterocycles. The summed E-state index contributed by atoms with van der Waals surface area (Å²) in [6, 6.07) is 0. The Kier molecular flexibility index (Phi) is 33.6. The summed E-state index contributed by atoms with van der Waals surface area (Å²) >= 11 is 0. The van der Waals surface area contributed by atoms with Crippen LogP contribution in [0.1, 0.15) is 174 Å². The number of carbonyl (C=O) groups excluding carboxylic acids is 1. The van der Waals surface area contributed by atoms with E-state index in [0.29, 0.717) is 13.0 Å². The highest BCUT2D eigenvalue weighted by Gasteiger charge is 2.44. The van der Waals surface area contributed by atoms with Crippen molar-refractivity contribution in [1.82, 2.24) is 0 Å². The smallest absolute Gasteiger partial charge is 0.306 e. The van der Waals surface area contributed by atoms with E-state index in [1.54, 1.807) is 0 Å². The molecular weight excluding hydrogens is 672 g/mol. The van der Waals surface area contributed by atoms with E-state index in [9.17, 15) is 25.2 Å². The Hall–Kier alpha value is -1.59. The number of esters is 1. The van der Waals surface area contributed by atoms with E-state index in [1.165, 1.54) is 89.9 Å². The van der Waals surface area contributed by atoms with E-state index < -0.39 is 43.4 Å². The van der Waals surface area contributed by atoms with Crippen LogP contribution in [-0.2, 0) is 23.7 Å². The van der Waals surface area contributed by atoms with Gasteiger partial charge in [0, 0.05) is 13.0 Å². The van der Waals surface area contributed by atoms with Crippen molar-refractivity contribution >= 4 is 5.97 Å². The van der Waals surface area contributed by atoms with Crippen LogP contribution in [0.4, 0.5) is 0 Å². The Morgan fingerprint density at radius 2 is 1.09 bits per heavy atom. The van der Waals surface area contributed by atoms with Crippen molar-refractivity contribution in [2.75, 3.05) is 26.4 Å². The van der Waals surface area contributed by atoms with Gasteiger partial charge in [-0.1, -0.05) is 134 Å². The van der Waals surface area contributed by atoms with E-state index in [2.05, 4.69) is 50.3 Å². The predicted molar refractivity (Wildman–Crippen MR) is 215 cm³/mol. The molecule has 1 aliphatic rings. The first-order valence-corrected chi connectivity index (χ1v) is 21.6. The molecule has 0 aliphatic carbocycles. The SMILES string of the molecule is CCCCCC/C=C\C/C=C\CCCCCCCCOCC(COC1OC(CO)C(O)C(O)C1O)OC(=O)CCCCCCC/C=C\CCCCCC. The molecule has 0 aromatic carbocycles. The highest BCUT2D eigenvalue weighted by atomic mass is 16.7. The maximum absolute atomic E-state index is 12.7. The second kappa shape index (κ2) is 36.1. The molecule has 4 N–H and O–H groups in total. The Labute approximate surface area is 323 Å². The van der Waals surface area contributed by atoms with Gasteiger partial charge in [-0.2, -0.15) is 0 Å². The predicted octanol–water partition coefficient (Wildman–Crippen LogP) is 9.19. The first kappa shape index (κ1) is 49.4. The number of aliphatic hydroxyl groups is 4. The highest BCUT2D eigenvalue weighted by Crippen LogP contribution is 2.22. The molecule has 9 heteroatoms. The second-order valence-corrected chi connectivity index (χ2v) is 14.8. The molecule has 0 aromatic rings. The van der Waals surface area contributed by atoms with Gasteiger partial charge in [0.2, 0.25) is 0 Å². The van der Waals surface area contributed by atoms with E-state index in [4.69, 9.17) is 18.9 Å². The van der Waals surface area contributed by atoms with Gasteiger partial charge in [-0.25, -0.2) is 0 Å². The molecule has 0 radical (unpaired) electrons. The van der Waals surface area contributed by atoms with Gasteiger partial charge < -0.3 is 39.4 Å². The van der Waals surface area contributed by atoms with Gasteiger partial charge in [-0.3, -0.25) is 4.79 Å². The van der Waals surface area contributed by atoms with E-state index >= 15 is 0 Å². The van der Waals surface area contributed by atoms with Crippen molar-refractivity contribution in [1.29, 1.82) is 0 Å². The Bertz CT molecular complexity index is 905. The Balaban J connectivity index is 2.30. The summed E-state index contributed by atoms with van der Waals surface area (Å²) < 4.78 is 22.8. The minimum Gasteiger partial charge on any atom is -0.457 e. The fourth-order valence-electron chi connectivity index (χ4n) is 6.34. The average molecular weight is 753 g/mol. The number of unbranched alkanes of at least 4 members (excludes halogenated alkanes) is 19. The molecule has 1 heterocycles. The zero-order valence-corrected chi connectivity index (χ0v) is 33.8. The van der Waals surface area contributed by atoms with Gasteiger partial charge in [0.1, 0.15) is 30.5 Å². The van der Waals surface area contributed by atoms with Crippen LogP contribution in [0.25, 0.3) is 0 Å². The number of hydrogen-bond donors (Lipinski definition) is 4. The van der Waals surface area contributed by atoms with E-state index in [1.807, 2.05) is 0 Å². The van der Waals surface area contributed by atoms with E-state index in [-0.39, 0.29) is 19.2 Å². The lowest BCUT2D eigenvalue weighted by molar-refractivity contribution is -0.305. The van der Waals surface area contributed by atoms with Crippen LogP contribution < -0.4 is 0 Å². The van der Waals surface area contributed by atoms with Gasteiger partial charge in [0.15, 0.2) is 6.29 Å². The van der Waals surface area contributed by atoms with Crippen molar-refractivity contribution in [3.8, 4) is 0 Å². The summed E-state index contributed by atoms with van der Waals surface area (Å²) in [6.45, 7) is 4.49. The van der Waals surface area contributed by atoms with Crippen molar-refractivity contribution in [2.45, 2.75) is 211 Å². The van der Waals surface area contributed by atoms with Gasteiger partial charge in [0.05, 0.1) is 19.8 Å². The fourth-order valence-corrected chi connectivity index (χ4v) is 6.34. The van der Waals surface area contributed by atoms with Crippen LogP contribution in [0.5, 0.6) is 0 Å². The first-order valence-electron chi connectivity index (χ1n) is 21.6. The topological polar surface area (TPSA) is 135 Å². The zero-order valence-electron chi connectivity index (χ0n) is 33.8. The number of ether oxygens (including phenoxy) is 4. The van der Waals surface area contributed by atoms with Gasteiger partial charge in [-0.05, 0) is 70.6 Å². The molecule has 9 nitrogen and oxygen atoms in total. The molecule has 1 fully saturated rings. The molecule has 0 amide bonds. The quantitative estimate of drug-likeness (QED) is 0.0281. The number of aliphatic hydroxyl groups excluding tert-OH is 4. The lowest BCUT2D eigenvalue weighted by Crippen LogP contribution is -2.59. The summed E-state index contributed by atoms with van der Waals surface area (Å²) in [5, 5.41) is 40.0. The molecule has 0 spiro atoms. The zero-order chi connectivity index (χ0) is 38.6. The summed E-state index contributed by atoms with van der Waals surface area (Å²) in [5.41, 5.74) is 0. The molecule has 53 heavy (non-hydrogen) atoms. The van der Waals surface area contributed by atoms with Crippen LogP contribution in [0.15, 0.2) is 36.5 Å². The van der Waals surface area contributed by atoms with Crippen LogP contribution in [0.2, 0.25) is 0 Å². The standard InChI is InChI=1S/C44H80O9/c1-3-5-7-9-11-13-15-17-18-19-20-22-24-26-28-30-32-34-50-36-38(37-51-44-43(49)42(48)41(47)39(35-45)53-44)52-40(46)33-31-29-27-25-23-21-16-14-12-10-8-6-4-2/h13-16,18-19,38-39,41-45,47-49H,3-12,17,20-37H2,1-2H3/b15-13-,16-14-,19-18-. The lowest BCUT2D eigenvalue weighted by atomic mass is 9.99. The summed E-state index contributed by atoms with van der Waals surface area (Å²) in [5.74, 6) is -0.328. The number of hydrogen-bond acceptors (Lipinski definition) is 9. The number of allylic oxidation sites excluding steroid dienone is 6. The van der Waals surface area contributed by atoms with Crippen LogP contribution in [0, 0.1) is 0 Å². The molecular formula is C44H80O9. The normalized spacial score (nSPS) is 21.4. The van der Waals surface area contributed by atoms with Crippen molar-refractivity contribution in [2.24, 2.45) is 0 Å². The molecule has 0 bridgehead atoms. The Morgan fingerprint density at radius 1 is 0.604 bits per heavy atom. The number of carbonyl (C=O) groups is 1.